The number of para-hydroxylation sites is 1. The number of halogens is 3. The normalized spacial score (nSPS) is 23.4. The van der Waals surface area contributed by atoms with Crippen LogP contribution in [0.1, 0.15) is 5.56 Å². The minimum absolute atomic E-state index is 0.105. The van der Waals surface area contributed by atoms with Crippen molar-refractivity contribution in [2.75, 3.05) is 6.61 Å². The summed E-state index contributed by atoms with van der Waals surface area (Å²) in [6.45, 7) is -0.332. The molecule has 1 aromatic carbocycles. The van der Waals surface area contributed by atoms with Gasteiger partial charge in [0.25, 0.3) is 0 Å². The molecule has 1 aromatic rings. The number of carbonyl (C=O) groups excluding carboxylic acids is 1. The maximum Gasteiger partial charge on any atom is 0.575 e. The van der Waals surface area contributed by atoms with Crippen molar-refractivity contribution in [3.05, 3.63) is 29.8 Å². The van der Waals surface area contributed by atoms with E-state index in [-0.39, 0.29) is 12.3 Å². The van der Waals surface area contributed by atoms with Gasteiger partial charge in [-0.25, -0.2) is 0 Å². The van der Waals surface area contributed by atoms with Crippen LogP contribution in [0.4, 0.5) is 13.2 Å². The minimum Gasteiger partial charge on any atom is -0.491 e. The molecule has 3 rings (SSSR count). The average molecular weight is 284 g/mol. The van der Waals surface area contributed by atoms with Gasteiger partial charge < -0.3 is 9.47 Å². The third-order valence-electron chi connectivity index (χ3n) is 3.03. The summed E-state index contributed by atoms with van der Waals surface area (Å²) in [5.74, 6) is -1.06. The van der Waals surface area contributed by atoms with E-state index in [1.54, 1.807) is 24.3 Å². The number of esters is 1. The largest absolute Gasteiger partial charge is 0.575 e. The lowest BCUT2D eigenvalue weighted by molar-refractivity contribution is -0.308. The van der Waals surface area contributed by atoms with E-state index in [0.717, 1.165) is 6.21 Å². The lowest BCUT2D eigenvalue weighted by Crippen LogP contribution is -2.49. The topological polar surface area (TPSA) is 60.2 Å². The summed E-state index contributed by atoms with van der Waals surface area (Å²) in [4.78, 5) is 11.8. The van der Waals surface area contributed by atoms with Crippen molar-refractivity contribution in [1.82, 2.24) is 0 Å². The van der Waals surface area contributed by atoms with Gasteiger partial charge in [-0.1, -0.05) is 12.1 Å². The molecule has 0 saturated heterocycles. The van der Waals surface area contributed by atoms with Gasteiger partial charge in [-0.2, -0.15) is 10.2 Å². The van der Waals surface area contributed by atoms with Crippen LogP contribution < -0.4 is 4.74 Å². The molecule has 2 heterocycles. The van der Waals surface area contributed by atoms with Crippen LogP contribution in [-0.2, 0) is 9.53 Å². The van der Waals surface area contributed by atoms with Gasteiger partial charge in [0.05, 0.1) is 6.21 Å². The summed E-state index contributed by atoms with van der Waals surface area (Å²) < 4.78 is 45.6. The fraction of sp³-hybridized carbons (Fsp3) is 0.250. The Morgan fingerprint density at radius 1 is 1.35 bits per heavy atom. The standard InChI is InChI=1S/C12H7F3N2O3/c13-12(14,15)20-10(18)11-5-16-17-9(11)7-3-1-2-4-8(7)19-6-11/h1-5H,6H2. The molecular weight excluding hydrogens is 277 g/mol. The smallest absolute Gasteiger partial charge is 0.491 e. The molecule has 0 spiro atoms. The van der Waals surface area contributed by atoms with Crippen LogP contribution in [0.5, 0.6) is 5.75 Å². The van der Waals surface area contributed by atoms with Gasteiger partial charge in [-0.05, 0) is 12.1 Å². The third-order valence-corrected chi connectivity index (χ3v) is 3.03. The van der Waals surface area contributed by atoms with E-state index in [4.69, 9.17) is 4.74 Å². The zero-order valence-corrected chi connectivity index (χ0v) is 9.85. The highest BCUT2D eigenvalue weighted by Crippen LogP contribution is 2.38. The first-order valence-electron chi connectivity index (χ1n) is 5.57. The highest BCUT2D eigenvalue weighted by molar-refractivity contribution is 6.28. The summed E-state index contributed by atoms with van der Waals surface area (Å²) in [5.41, 5.74) is -1.21. The van der Waals surface area contributed by atoms with Gasteiger partial charge in [0.2, 0.25) is 0 Å². The monoisotopic (exact) mass is 284 g/mol. The number of ether oxygens (including phenoxy) is 2. The fourth-order valence-corrected chi connectivity index (χ4v) is 2.12. The first kappa shape index (κ1) is 12.6. The van der Waals surface area contributed by atoms with Crippen LogP contribution in [0.3, 0.4) is 0 Å². The summed E-state index contributed by atoms with van der Waals surface area (Å²) >= 11 is 0. The second-order valence-electron chi connectivity index (χ2n) is 4.28. The molecule has 0 aliphatic carbocycles. The minimum atomic E-state index is -5.07. The first-order chi connectivity index (χ1) is 9.42. The quantitative estimate of drug-likeness (QED) is 0.740. The van der Waals surface area contributed by atoms with Crippen molar-refractivity contribution in [2.24, 2.45) is 15.6 Å². The predicted octanol–water partition coefficient (Wildman–Crippen LogP) is 1.92. The molecule has 1 atom stereocenters. The molecule has 0 bridgehead atoms. The Hall–Kier alpha value is -2.38. The molecule has 0 fully saturated rings. The van der Waals surface area contributed by atoms with E-state index in [9.17, 15) is 18.0 Å². The lowest BCUT2D eigenvalue weighted by Gasteiger charge is -2.31. The first-order valence-corrected chi connectivity index (χ1v) is 5.57. The summed E-state index contributed by atoms with van der Waals surface area (Å²) in [6.07, 6.45) is -4.04. The molecule has 0 amide bonds. The summed E-state index contributed by atoms with van der Waals surface area (Å²) in [6, 6.07) is 6.59. The Balaban J connectivity index is 2.01. The van der Waals surface area contributed by atoms with Crippen LogP contribution in [-0.4, -0.2) is 30.9 Å². The molecule has 2 aliphatic rings. The zero-order valence-electron chi connectivity index (χ0n) is 9.85. The molecule has 0 aromatic heterocycles. The molecule has 8 heteroatoms. The van der Waals surface area contributed by atoms with Crippen molar-refractivity contribution < 1.29 is 27.4 Å². The Morgan fingerprint density at radius 2 is 2.10 bits per heavy atom. The maximum atomic E-state index is 12.2. The second kappa shape index (κ2) is 4.06. The van der Waals surface area contributed by atoms with Gasteiger partial charge in [-0.15, -0.1) is 13.2 Å². The number of carbonyl (C=O) groups is 1. The molecule has 0 saturated carbocycles. The second-order valence-corrected chi connectivity index (χ2v) is 4.28. The fourth-order valence-electron chi connectivity index (χ4n) is 2.12. The maximum absolute atomic E-state index is 12.2. The van der Waals surface area contributed by atoms with Crippen molar-refractivity contribution in [3.63, 3.8) is 0 Å². The van der Waals surface area contributed by atoms with Gasteiger partial charge >= 0.3 is 12.3 Å². The van der Waals surface area contributed by atoms with Gasteiger partial charge in [-0.3, -0.25) is 4.79 Å². The Bertz CT molecular complexity index is 639. The van der Waals surface area contributed by atoms with Crippen molar-refractivity contribution >= 4 is 17.9 Å². The number of alkyl halides is 3. The summed E-state index contributed by atoms with van der Waals surface area (Å²) in [7, 11) is 0. The van der Waals surface area contributed by atoms with Crippen molar-refractivity contribution in [3.8, 4) is 5.75 Å². The summed E-state index contributed by atoms with van der Waals surface area (Å²) in [5, 5.41) is 7.33. The van der Waals surface area contributed by atoms with E-state index < -0.39 is 17.7 Å². The number of fused-ring (bicyclic) bond motifs is 3. The molecule has 1 unspecified atom stereocenters. The molecule has 0 N–H and O–H groups in total. The predicted molar refractivity (Wildman–Crippen MR) is 61.5 cm³/mol. The Labute approximate surface area is 110 Å². The van der Waals surface area contributed by atoms with E-state index in [2.05, 4.69) is 14.9 Å². The molecule has 5 nitrogen and oxygen atoms in total. The molecular formula is C12H7F3N2O3. The van der Waals surface area contributed by atoms with Crippen LogP contribution >= 0.6 is 0 Å². The molecule has 0 radical (unpaired) electrons. The van der Waals surface area contributed by atoms with Crippen LogP contribution in [0.2, 0.25) is 0 Å². The number of nitrogens with zero attached hydrogens (tertiary/aromatic N) is 2. The van der Waals surface area contributed by atoms with Crippen LogP contribution in [0.25, 0.3) is 0 Å². The average Bonchev–Trinajstić information content (AvgIpc) is 2.82. The number of hydrogen-bond donors (Lipinski definition) is 0. The number of hydrogen-bond acceptors (Lipinski definition) is 5. The lowest BCUT2D eigenvalue weighted by atomic mass is 9.80. The number of benzene rings is 1. The molecule has 104 valence electrons. The third kappa shape index (κ3) is 1.84. The Kier molecular flexibility index (Phi) is 2.56. The van der Waals surface area contributed by atoms with Crippen molar-refractivity contribution in [2.45, 2.75) is 6.36 Å². The van der Waals surface area contributed by atoms with E-state index in [1.165, 1.54) is 0 Å². The van der Waals surface area contributed by atoms with E-state index in [0.29, 0.717) is 11.3 Å². The highest BCUT2D eigenvalue weighted by atomic mass is 19.4. The Morgan fingerprint density at radius 3 is 2.85 bits per heavy atom. The molecule has 20 heavy (non-hydrogen) atoms. The van der Waals surface area contributed by atoms with E-state index in [1.807, 2.05) is 0 Å². The highest BCUT2D eigenvalue weighted by Gasteiger charge is 2.54. The zero-order chi connectivity index (χ0) is 14.4. The number of rotatable bonds is 1. The van der Waals surface area contributed by atoms with Gasteiger partial charge in [0.1, 0.15) is 18.1 Å². The van der Waals surface area contributed by atoms with Crippen LogP contribution in [0, 0.1) is 5.41 Å². The van der Waals surface area contributed by atoms with Crippen molar-refractivity contribution in [1.29, 1.82) is 0 Å². The van der Waals surface area contributed by atoms with E-state index >= 15 is 0 Å². The van der Waals surface area contributed by atoms with Gasteiger partial charge in [0.15, 0.2) is 5.41 Å². The van der Waals surface area contributed by atoms with Gasteiger partial charge in [0, 0.05) is 5.56 Å². The van der Waals surface area contributed by atoms with Crippen LogP contribution in [0.15, 0.2) is 34.5 Å². The SMILES string of the molecule is O=C(OC(F)(F)F)C12C=NN=C1c1ccccc1OC2. The molecule has 2 aliphatic heterocycles.